The van der Waals surface area contributed by atoms with Gasteiger partial charge in [-0.3, -0.25) is 4.79 Å². The van der Waals surface area contributed by atoms with Crippen molar-refractivity contribution in [3.63, 3.8) is 0 Å². The molecule has 0 radical (unpaired) electrons. The lowest BCUT2D eigenvalue weighted by Crippen LogP contribution is -2.11. The van der Waals surface area contributed by atoms with Gasteiger partial charge < -0.3 is 0 Å². The summed E-state index contributed by atoms with van der Waals surface area (Å²) in [6, 6.07) is 0. The normalized spacial score (nSPS) is 21.5. The summed E-state index contributed by atoms with van der Waals surface area (Å²) in [7, 11) is 0. The van der Waals surface area contributed by atoms with E-state index >= 15 is 0 Å². The molecule has 0 bridgehead atoms. The molecule has 1 atom stereocenters. The number of carbonyl (C=O) groups is 1. The Morgan fingerprint density at radius 3 is 2.00 bits per heavy atom. The highest BCUT2D eigenvalue weighted by molar-refractivity contribution is 5.84. The second-order valence-corrected chi connectivity index (χ2v) is 5.90. The van der Waals surface area contributed by atoms with E-state index in [2.05, 4.69) is 20.8 Å². The van der Waals surface area contributed by atoms with Crippen molar-refractivity contribution in [1.82, 2.24) is 0 Å². The lowest BCUT2D eigenvalue weighted by Gasteiger charge is -2.16. The van der Waals surface area contributed by atoms with Crippen molar-refractivity contribution >= 4 is 5.78 Å². The van der Waals surface area contributed by atoms with Crippen LogP contribution in [0.2, 0.25) is 0 Å². The number of rotatable bonds is 10. The summed E-state index contributed by atoms with van der Waals surface area (Å²) in [5.41, 5.74) is 0.441. The highest BCUT2D eigenvalue weighted by Gasteiger charge is 2.55. The number of carbonyl (C=O) groups excluding carboxylic acids is 1. The first-order chi connectivity index (χ1) is 8.20. The quantitative estimate of drug-likeness (QED) is 0.515. The minimum absolute atomic E-state index is 0.437. The second kappa shape index (κ2) is 7.18. The average molecular weight is 238 g/mol. The van der Waals surface area contributed by atoms with Gasteiger partial charge in [-0.15, -0.1) is 0 Å². The van der Waals surface area contributed by atoms with Crippen LogP contribution in [0.4, 0.5) is 0 Å². The molecule has 1 nitrogen and oxygen atoms in total. The van der Waals surface area contributed by atoms with E-state index < -0.39 is 0 Å². The average Bonchev–Trinajstić information content (AvgIpc) is 3.06. The monoisotopic (exact) mass is 238 g/mol. The fourth-order valence-electron chi connectivity index (χ4n) is 3.06. The first kappa shape index (κ1) is 14.7. The lowest BCUT2D eigenvalue weighted by molar-refractivity contribution is -0.121. The Bertz CT molecular complexity index is 224. The van der Waals surface area contributed by atoms with Crippen LogP contribution < -0.4 is 0 Å². The van der Waals surface area contributed by atoms with Crippen molar-refractivity contribution in [3.8, 4) is 0 Å². The van der Waals surface area contributed by atoms with Gasteiger partial charge in [0, 0.05) is 12.3 Å². The van der Waals surface area contributed by atoms with Crippen molar-refractivity contribution in [2.24, 2.45) is 11.3 Å². The molecule has 1 aliphatic carbocycles. The van der Waals surface area contributed by atoms with E-state index in [1.54, 1.807) is 0 Å². The van der Waals surface area contributed by atoms with Gasteiger partial charge in [-0.1, -0.05) is 52.9 Å². The van der Waals surface area contributed by atoms with Gasteiger partial charge in [-0.05, 0) is 31.1 Å². The molecule has 0 N–H and O–H groups in total. The molecule has 0 amide bonds. The Morgan fingerprint density at radius 2 is 1.53 bits per heavy atom. The summed E-state index contributed by atoms with van der Waals surface area (Å²) >= 11 is 0. The molecule has 0 spiro atoms. The van der Waals surface area contributed by atoms with Crippen LogP contribution in [0.15, 0.2) is 0 Å². The molecular weight excluding hydrogens is 208 g/mol. The van der Waals surface area contributed by atoms with Crippen molar-refractivity contribution in [3.05, 3.63) is 0 Å². The van der Waals surface area contributed by atoms with Crippen LogP contribution >= 0.6 is 0 Å². The molecule has 1 heteroatoms. The van der Waals surface area contributed by atoms with Crippen molar-refractivity contribution < 1.29 is 4.79 Å². The third-order valence-electron chi connectivity index (χ3n) is 4.41. The molecule has 1 fully saturated rings. The van der Waals surface area contributed by atoms with Gasteiger partial charge in [0.25, 0.3) is 0 Å². The molecule has 0 heterocycles. The third-order valence-corrected chi connectivity index (χ3v) is 4.41. The second-order valence-electron chi connectivity index (χ2n) is 5.90. The van der Waals surface area contributed by atoms with Crippen LogP contribution in [0.5, 0.6) is 0 Å². The Balaban J connectivity index is 2.43. The van der Waals surface area contributed by atoms with Crippen LogP contribution in [-0.4, -0.2) is 5.78 Å². The Morgan fingerprint density at radius 1 is 1.00 bits per heavy atom. The molecule has 100 valence electrons. The van der Waals surface area contributed by atoms with Gasteiger partial charge in [0.15, 0.2) is 0 Å². The Labute approximate surface area is 107 Å². The summed E-state index contributed by atoms with van der Waals surface area (Å²) in [5.74, 6) is 1.01. The van der Waals surface area contributed by atoms with E-state index in [4.69, 9.17) is 0 Å². The van der Waals surface area contributed by atoms with Gasteiger partial charge in [-0.2, -0.15) is 0 Å². The summed E-state index contributed by atoms with van der Waals surface area (Å²) in [5, 5.41) is 0. The first-order valence-corrected chi connectivity index (χ1v) is 7.73. The summed E-state index contributed by atoms with van der Waals surface area (Å²) in [6.45, 7) is 6.68. The van der Waals surface area contributed by atoms with Gasteiger partial charge >= 0.3 is 0 Å². The third kappa shape index (κ3) is 4.12. The fourth-order valence-corrected chi connectivity index (χ4v) is 3.06. The molecule has 1 unspecified atom stereocenters. The van der Waals surface area contributed by atoms with Gasteiger partial charge in [-0.25, -0.2) is 0 Å². The SMILES string of the molecule is CCCCC(=O)C1CC1(CCCC)CCCC. The van der Waals surface area contributed by atoms with Crippen LogP contribution in [0.3, 0.4) is 0 Å². The Hall–Kier alpha value is -0.330. The standard InChI is InChI=1S/C16H30O/c1-4-7-10-15(17)14-13-16(14,11-8-5-2)12-9-6-3/h14H,4-13H2,1-3H3. The molecular formula is C16H30O. The lowest BCUT2D eigenvalue weighted by atomic mass is 9.88. The minimum atomic E-state index is 0.437. The maximum atomic E-state index is 12.1. The molecule has 17 heavy (non-hydrogen) atoms. The van der Waals surface area contributed by atoms with Crippen LogP contribution in [0.25, 0.3) is 0 Å². The van der Waals surface area contributed by atoms with Crippen molar-refractivity contribution in [2.75, 3.05) is 0 Å². The zero-order valence-electron chi connectivity index (χ0n) is 12.1. The first-order valence-electron chi connectivity index (χ1n) is 7.73. The highest BCUT2D eigenvalue weighted by Crippen LogP contribution is 2.60. The van der Waals surface area contributed by atoms with Gasteiger partial charge in [0.1, 0.15) is 5.78 Å². The van der Waals surface area contributed by atoms with Crippen LogP contribution in [-0.2, 0) is 4.79 Å². The Kier molecular flexibility index (Phi) is 6.22. The number of unbranched alkanes of at least 4 members (excludes halogenated alkanes) is 3. The molecule has 1 saturated carbocycles. The van der Waals surface area contributed by atoms with Crippen LogP contribution in [0.1, 0.15) is 85.0 Å². The topological polar surface area (TPSA) is 17.1 Å². The summed E-state index contributed by atoms with van der Waals surface area (Å²) in [4.78, 5) is 12.1. The van der Waals surface area contributed by atoms with E-state index in [0.717, 1.165) is 19.3 Å². The van der Waals surface area contributed by atoms with Gasteiger partial charge in [0.05, 0.1) is 0 Å². The molecule has 1 aliphatic rings. The molecule has 0 aromatic heterocycles. The van der Waals surface area contributed by atoms with Gasteiger partial charge in [0.2, 0.25) is 0 Å². The van der Waals surface area contributed by atoms with E-state index in [1.165, 1.54) is 44.9 Å². The van der Waals surface area contributed by atoms with E-state index in [1.807, 2.05) is 0 Å². The predicted octanol–water partition coefficient (Wildman–Crippen LogP) is 5.13. The minimum Gasteiger partial charge on any atom is -0.299 e. The largest absolute Gasteiger partial charge is 0.299 e. The smallest absolute Gasteiger partial charge is 0.136 e. The number of hydrogen-bond donors (Lipinski definition) is 0. The molecule has 0 saturated heterocycles. The number of hydrogen-bond acceptors (Lipinski definition) is 1. The van der Waals surface area contributed by atoms with E-state index in [0.29, 0.717) is 17.1 Å². The number of Topliss-reactive ketones (excluding diaryl/α,β-unsaturated/α-hetero) is 1. The number of ketones is 1. The molecule has 0 aliphatic heterocycles. The maximum absolute atomic E-state index is 12.1. The van der Waals surface area contributed by atoms with E-state index in [9.17, 15) is 4.79 Å². The van der Waals surface area contributed by atoms with Crippen molar-refractivity contribution in [1.29, 1.82) is 0 Å². The summed E-state index contributed by atoms with van der Waals surface area (Å²) < 4.78 is 0. The van der Waals surface area contributed by atoms with Crippen LogP contribution in [0, 0.1) is 11.3 Å². The maximum Gasteiger partial charge on any atom is 0.136 e. The zero-order valence-corrected chi connectivity index (χ0v) is 12.1. The highest BCUT2D eigenvalue weighted by atomic mass is 16.1. The molecule has 0 aromatic rings. The predicted molar refractivity (Wildman–Crippen MR) is 74.1 cm³/mol. The van der Waals surface area contributed by atoms with E-state index in [-0.39, 0.29) is 0 Å². The molecule has 0 aromatic carbocycles. The molecule has 1 rings (SSSR count). The zero-order chi connectivity index (χ0) is 12.7. The summed E-state index contributed by atoms with van der Waals surface area (Å²) in [6.07, 6.45) is 12.0. The van der Waals surface area contributed by atoms with Crippen molar-refractivity contribution in [2.45, 2.75) is 85.0 Å². The fraction of sp³-hybridized carbons (Fsp3) is 0.938.